The first kappa shape index (κ1) is 15.4. The number of esters is 1. The van der Waals surface area contributed by atoms with Crippen LogP contribution in [0.2, 0.25) is 0 Å². The number of carbonyl (C=O) groups is 1. The molecule has 0 aliphatic rings. The Labute approximate surface area is 120 Å². The molecule has 1 aromatic rings. The average molecular weight is 327 g/mol. The molecule has 0 aliphatic heterocycles. The maximum absolute atomic E-state index is 11.6. The molecule has 0 fully saturated rings. The number of carbonyl (C=O) groups excluding carboxylic acids is 1. The van der Waals surface area contributed by atoms with Gasteiger partial charge in [0.05, 0.1) is 17.6 Å². The molecule has 0 saturated heterocycles. The van der Waals surface area contributed by atoms with Gasteiger partial charge in [-0.15, -0.1) is 5.11 Å². The van der Waals surface area contributed by atoms with Gasteiger partial charge in [-0.3, -0.25) is 0 Å². The second kappa shape index (κ2) is 7.68. The summed E-state index contributed by atoms with van der Waals surface area (Å²) in [6, 6.07) is 7.33. The highest BCUT2D eigenvalue weighted by molar-refractivity contribution is 9.09. The van der Waals surface area contributed by atoms with E-state index < -0.39 is 5.97 Å². The van der Waals surface area contributed by atoms with Gasteiger partial charge in [0.1, 0.15) is 5.76 Å². The van der Waals surface area contributed by atoms with E-state index in [0.717, 1.165) is 5.56 Å². The molecule has 102 valence electrons. The fraction of sp³-hybridized carbons (Fsp3) is 0.308. The molecule has 1 rings (SSSR count). The molecule has 19 heavy (non-hydrogen) atoms. The number of aryl methyl sites for hydroxylation is 1. The highest BCUT2D eigenvalue weighted by Gasteiger charge is 2.15. The third kappa shape index (κ3) is 4.82. The van der Waals surface area contributed by atoms with Crippen LogP contribution in [0.4, 0.5) is 5.69 Å². The van der Waals surface area contributed by atoms with Gasteiger partial charge in [0.15, 0.2) is 0 Å². The van der Waals surface area contributed by atoms with Crippen molar-refractivity contribution in [2.75, 3.05) is 11.9 Å². The van der Waals surface area contributed by atoms with Gasteiger partial charge < -0.3 is 9.84 Å². The summed E-state index contributed by atoms with van der Waals surface area (Å²) in [5, 5.41) is 17.4. The lowest BCUT2D eigenvalue weighted by Gasteiger charge is -2.03. The van der Waals surface area contributed by atoms with Crippen LogP contribution in [0.1, 0.15) is 12.5 Å². The number of ether oxygens (including phenoxy) is 1. The Bertz CT molecular complexity index is 512. The van der Waals surface area contributed by atoms with Gasteiger partial charge in [-0.05, 0) is 31.5 Å². The van der Waals surface area contributed by atoms with E-state index in [-0.39, 0.29) is 23.4 Å². The molecule has 0 heterocycles. The Morgan fingerprint density at radius 3 is 2.79 bits per heavy atom. The van der Waals surface area contributed by atoms with Crippen molar-refractivity contribution in [2.45, 2.75) is 13.8 Å². The smallest absolute Gasteiger partial charge is 0.362 e. The van der Waals surface area contributed by atoms with Crippen molar-refractivity contribution >= 4 is 27.6 Å². The first-order valence-corrected chi connectivity index (χ1v) is 6.84. The Kier molecular flexibility index (Phi) is 6.21. The predicted molar refractivity (Wildman–Crippen MR) is 75.8 cm³/mol. The van der Waals surface area contributed by atoms with Gasteiger partial charge in [-0.25, -0.2) is 4.79 Å². The third-order valence-corrected chi connectivity index (χ3v) is 2.67. The molecule has 0 spiro atoms. The minimum Gasteiger partial charge on any atom is -0.509 e. The van der Waals surface area contributed by atoms with Crippen molar-refractivity contribution in [3.8, 4) is 0 Å². The van der Waals surface area contributed by atoms with Crippen molar-refractivity contribution in [3.05, 3.63) is 41.3 Å². The fourth-order valence-electron chi connectivity index (χ4n) is 1.28. The Hall–Kier alpha value is -1.69. The minimum absolute atomic E-state index is 0.105. The largest absolute Gasteiger partial charge is 0.509 e. The van der Waals surface area contributed by atoms with Crippen LogP contribution in [-0.4, -0.2) is 23.0 Å². The summed E-state index contributed by atoms with van der Waals surface area (Å²) in [5.41, 5.74) is 1.44. The Morgan fingerprint density at radius 2 is 2.21 bits per heavy atom. The summed E-state index contributed by atoms with van der Waals surface area (Å²) in [6.07, 6.45) is 0. The summed E-state index contributed by atoms with van der Waals surface area (Å²) < 4.78 is 4.81. The summed E-state index contributed by atoms with van der Waals surface area (Å²) >= 11 is 3.06. The van der Waals surface area contributed by atoms with E-state index in [4.69, 9.17) is 4.74 Å². The van der Waals surface area contributed by atoms with Gasteiger partial charge in [-0.1, -0.05) is 28.1 Å². The zero-order valence-corrected chi connectivity index (χ0v) is 12.3. The zero-order valence-electron chi connectivity index (χ0n) is 10.8. The SMILES string of the molecule is CCOC(=O)/C(N=Nc1cccc(C)c1)=C(\O)CBr. The van der Waals surface area contributed by atoms with E-state index in [0.29, 0.717) is 5.69 Å². The molecular weight excluding hydrogens is 312 g/mol. The molecule has 1 N–H and O–H groups in total. The lowest BCUT2D eigenvalue weighted by molar-refractivity contribution is -0.138. The van der Waals surface area contributed by atoms with Crippen molar-refractivity contribution < 1.29 is 14.6 Å². The molecule has 0 bridgehead atoms. The van der Waals surface area contributed by atoms with Crippen molar-refractivity contribution in [1.29, 1.82) is 0 Å². The molecule has 0 radical (unpaired) electrons. The highest BCUT2D eigenvalue weighted by atomic mass is 79.9. The number of hydrogen-bond acceptors (Lipinski definition) is 5. The number of allylic oxidation sites excluding steroid dienone is 1. The number of alkyl halides is 1. The fourth-order valence-corrected chi connectivity index (χ4v) is 1.54. The number of benzene rings is 1. The van der Waals surface area contributed by atoms with Crippen molar-refractivity contribution in [2.24, 2.45) is 10.2 Å². The van der Waals surface area contributed by atoms with E-state index in [9.17, 15) is 9.90 Å². The molecule has 0 atom stereocenters. The van der Waals surface area contributed by atoms with Crippen LogP contribution in [0, 0.1) is 6.92 Å². The van der Waals surface area contributed by atoms with E-state index in [1.807, 2.05) is 25.1 Å². The molecular formula is C13H15BrN2O3. The number of aliphatic hydroxyl groups excluding tert-OH is 1. The summed E-state index contributed by atoms with van der Waals surface area (Å²) in [5.74, 6) is -0.911. The van der Waals surface area contributed by atoms with Crippen molar-refractivity contribution in [1.82, 2.24) is 0 Å². The molecule has 0 amide bonds. The van der Waals surface area contributed by atoms with E-state index in [1.165, 1.54) is 0 Å². The lowest BCUT2D eigenvalue weighted by atomic mass is 10.2. The lowest BCUT2D eigenvalue weighted by Crippen LogP contribution is -2.09. The molecule has 0 aromatic heterocycles. The zero-order chi connectivity index (χ0) is 14.3. The molecule has 5 nitrogen and oxygen atoms in total. The topological polar surface area (TPSA) is 71.2 Å². The monoisotopic (exact) mass is 326 g/mol. The maximum atomic E-state index is 11.6. The normalized spacial score (nSPS) is 12.4. The predicted octanol–water partition coefficient (Wildman–Crippen LogP) is 3.81. The number of nitrogens with zero attached hydrogens (tertiary/aromatic N) is 2. The molecule has 0 unspecified atom stereocenters. The second-order valence-corrected chi connectivity index (χ2v) is 4.25. The molecule has 0 saturated carbocycles. The first-order valence-electron chi connectivity index (χ1n) is 5.72. The van der Waals surface area contributed by atoms with E-state index in [2.05, 4.69) is 26.2 Å². The Morgan fingerprint density at radius 1 is 1.47 bits per heavy atom. The highest BCUT2D eigenvalue weighted by Crippen LogP contribution is 2.17. The second-order valence-electron chi connectivity index (χ2n) is 3.69. The van der Waals surface area contributed by atoms with E-state index >= 15 is 0 Å². The maximum Gasteiger partial charge on any atom is 0.362 e. The van der Waals surface area contributed by atoms with E-state index in [1.54, 1.807) is 13.0 Å². The van der Waals surface area contributed by atoms with Crippen LogP contribution in [0.5, 0.6) is 0 Å². The quantitative estimate of drug-likeness (QED) is 0.294. The molecule has 0 aliphatic carbocycles. The molecule has 6 heteroatoms. The third-order valence-electron chi connectivity index (χ3n) is 2.14. The van der Waals surface area contributed by atoms with Crippen molar-refractivity contribution in [3.63, 3.8) is 0 Å². The number of aliphatic hydroxyl groups is 1. The van der Waals surface area contributed by atoms with Crippen LogP contribution >= 0.6 is 15.9 Å². The number of rotatable bonds is 5. The minimum atomic E-state index is -0.698. The van der Waals surface area contributed by atoms with Crippen LogP contribution in [0.15, 0.2) is 46.0 Å². The van der Waals surface area contributed by atoms with Gasteiger partial charge in [0, 0.05) is 0 Å². The Balaban J connectivity index is 2.99. The average Bonchev–Trinajstić information content (AvgIpc) is 2.39. The number of hydrogen-bond donors (Lipinski definition) is 1. The van der Waals surface area contributed by atoms with Gasteiger partial charge in [-0.2, -0.15) is 5.11 Å². The van der Waals surface area contributed by atoms with Crippen LogP contribution < -0.4 is 0 Å². The van der Waals surface area contributed by atoms with Gasteiger partial charge in [0.25, 0.3) is 0 Å². The van der Waals surface area contributed by atoms with Crippen LogP contribution in [0.3, 0.4) is 0 Å². The summed E-state index contributed by atoms with van der Waals surface area (Å²) in [6.45, 7) is 3.81. The van der Waals surface area contributed by atoms with Gasteiger partial charge >= 0.3 is 5.97 Å². The summed E-state index contributed by atoms with van der Waals surface area (Å²) in [4.78, 5) is 11.6. The molecule has 1 aromatic carbocycles. The summed E-state index contributed by atoms with van der Waals surface area (Å²) in [7, 11) is 0. The standard InChI is InChI=1S/C13H15BrN2O3/c1-3-19-13(18)12(11(17)8-14)16-15-10-6-4-5-9(2)7-10/h4-7,17H,3,8H2,1-2H3/b12-11+,16-15?. The van der Waals surface area contributed by atoms with Gasteiger partial charge in [0.2, 0.25) is 5.70 Å². The van der Waals surface area contributed by atoms with Crippen LogP contribution in [-0.2, 0) is 9.53 Å². The first-order chi connectivity index (χ1) is 9.08. The number of halogens is 1. The van der Waals surface area contributed by atoms with Crippen LogP contribution in [0.25, 0.3) is 0 Å². The number of azo groups is 1.